The zero-order valence-corrected chi connectivity index (χ0v) is 13.3. The van der Waals surface area contributed by atoms with Crippen LogP contribution >= 0.6 is 23.4 Å². The van der Waals surface area contributed by atoms with Crippen molar-refractivity contribution >= 4 is 35.0 Å². The quantitative estimate of drug-likeness (QED) is 0.689. The summed E-state index contributed by atoms with van der Waals surface area (Å²) in [7, 11) is 0. The van der Waals surface area contributed by atoms with Gasteiger partial charge in [0.05, 0.1) is 5.75 Å². The lowest BCUT2D eigenvalue weighted by atomic mass is 10.3. The fourth-order valence-corrected chi connectivity index (χ4v) is 2.54. The molecule has 0 unspecified atom stereocenters. The van der Waals surface area contributed by atoms with Gasteiger partial charge in [-0.3, -0.25) is 9.89 Å². The van der Waals surface area contributed by atoms with E-state index in [1.165, 1.54) is 18.1 Å². The Morgan fingerprint density at radius 2 is 2.26 bits per heavy atom. The highest BCUT2D eigenvalue weighted by atomic mass is 35.5. The van der Waals surface area contributed by atoms with Crippen molar-refractivity contribution in [2.24, 2.45) is 0 Å². The van der Waals surface area contributed by atoms with E-state index >= 15 is 0 Å². The molecule has 0 aliphatic carbocycles. The molecule has 0 aliphatic rings. The van der Waals surface area contributed by atoms with E-state index in [1.54, 1.807) is 36.5 Å². The summed E-state index contributed by atoms with van der Waals surface area (Å²) in [4.78, 5) is 24.1. The molecule has 0 aliphatic heterocycles. The van der Waals surface area contributed by atoms with Crippen LogP contribution in [0.3, 0.4) is 0 Å². The summed E-state index contributed by atoms with van der Waals surface area (Å²) < 4.78 is 0. The number of H-pyrrole nitrogens is 1. The largest absolute Gasteiger partial charge is 0.325 e. The fourth-order valence-electron chi connectivity index (χ4n) is 1.75. The maximum atomic E-state index is 11.9. The number of hydrogen-bond donors (Lipinski definition) is 2. The summed E-state index contributed by atoms with van der Waals surface area (Å²) >= 11 is 7.10. The third-order valence-corrected chi connectivity index (χ3v) is 3.81. The van der Waals surface area contributed by atoms with Crippen molar-refractivity contribution in [3.63, 3.8) is 0 Å². The zero-order valence-electron chi connectivity index (χ0n) is 11.7. The van der Waals surface area contributed by atoms with Gasteiger partial charge in [-0.1, -0.05) is 29.4 Å². The second kappa shape index (κ2) is 7.21. The molecule has 9 heteroatoms. The molecular formula is C14H11ClN6OS. The number of amides is 1. The van der Waals surface area contributed by atoms with Gasteiger partial charge in [0, 0.05) is 16.9 Å². The van der Waals surface area contributed by atoms with Crippen LogP contribution in [0.5, 0.6) is 0 Å². The van der Waals surface area contributed by atoms with E-state index in [0.717, 1.165) is 0 Å². The third-order valence-electron chi connectivity index (χ3n) is 2.73. The van der Waals surface area contributed by atoms with Crippen LogP contribution in [0.25, 0.3) is 11.5 Å². The van der Waals surface area contributed by atoms with Gasteiger partial charge in [0.15, 0.2) is 5.82 Å². The topological polar surface area (TPSA) is 96.5 Å². The Labute approximate surface area is 140 Å². The fraction of sp³-hybridized carbons (Fsp3) is 0.0714. The van der Waals surface area contributed by atoms with Crippen LogP contribution in [0.15, 0.2) is 48.0 Å². The lowest BCUT2D eigenvalue weighted by Gasteiger charge is -2.03. The van der Waals surface area contributed by atoms with Crippen molar-refractivity contribution in [2.45, 2.75) is 5.16 Å². The number of anilines is 1. The van der Waals surface area contributed by atoms with Gasteiger partial charge in [-0.2, -0.15) is 4.98 Å². The SMILES string of the molecule is O=C(CSc1n[nH]c(-c2ccncn2)n1)Nc1cccc(Cl)c1. The van der Waals surface area contributed by atoms with Crippen LogP contribution < -0.4 is 5.32 Å². The Bertz CT molecular complexity index is 810. The maximum Gasteiger partial charge on any atom is 0.234 e. The molecule has 2 N–H and O–H groups in total. The van der Waals surface area contributed by atoms with Crippen LogP contribution in [0.4, 0.5) is 5.69 Å². The van der Waals surface area contributed by atoms with Gasteiger partial charge in [0.2, 0.25) is 11.1 Å². The van der Waals surface area contributed by atoms with Gasteiger partial charge in [-0.05, 0) is 24.3 Å². The number of halogens is 1. The number of carbonyl (C=O) groups is 1. The molecule has 2 aromatic heterocycles. The predicted octanol–water partition coefficient (Wildman–Crippen LogP) is 2.65. The highest BCUT2D eigenvalue weighted by Crippen LogP contribution is 2.18. The number of benzene rings is 1. The average Bonchev–Trinajstić information content (AvgIpc) is 3.03. The first-order chi connectivity index (χ1) is 11.2. The maximum absolute atomic E-state index is 11.9. The van der Waals surface area contributed by atoms with Crippen molar-refractivity contribution in [1.29, 1.82) is 0 Å². The van der Waals surface area contributed by atoms with Crippen LogP contribution in [-0.4, -0.2) is 36.8 Å². The first kappa shape index (κ1) is 15.4. The number of nitrogens with zero attached hydrogens (tertiary/aromatic N) is 4. The summed E-state index contributed by atoms with van der Waals surface area (Å²) in [6.45, 7) is 0. The molecule has 7 nitrogen and oxygen atoms in total. The van der Waals surface area contributed by atoms with Crippen LogP contribution in [0, 0.1) is 0 Å². The molecule has 0 spiro atoms. The number of nitrogens with one attached hydrogen (secondary N) is 2. The normalized spacial score (nSPS) is 10.5. The molecule has 2 heterocycles. The van der Waals surface area contributed by atoms with Crippen LogP contribution in [-0.2, 0) is 4.79 Å². The summed E-state index contributed by atoms with van der Waals surface area (Å²) in [6, 6.07) is 8.70. The molecule has 1 amide bonds. The minimum atomic E-state index is -0.161. The van der Waals surface area contributed by atoms with Gasteiger partial charge in [-0.25, -0.2) is 9.97 Å². The molecule has 3 aromatic rings. The molecule has 1 aromatic carbocycles. The van der Waals surface area contributed by atoms with E-state index in [4.69, 9.17) is 11.6 Å². The van der Waals surface area contributed by atoms with Crippen molar-refractivity contribution < 1.29 is 4.79 Å². The molecule has 0 saturated heterocycles. The number of carbonyl (C=O) groups excluding carboxylic acids is 1. The summed E-state index contributed by atoms with van der Waals surface area (Å²) in [5.41, 5.74) is 1.29. The first-order valence-electron chi connectivity index (χ1n) is 6.58. The van der Waals surface area contributed by atoms with Crippen molar-refractivity contribution in [2.75, 3.05) is 11.1 Å². The van der Waals surface area contributed by atoms with Gasteiger partial charge in [0.1, 0.15) is 12.0 Å². The molecule has 0 atom stereocenters. The van der Waals surface area contributed by atoms with Crippen molar-refractivity contribution in [1.82, 2.24) is 25.1 Å². The number of aromatic nitrogens is 5. The van der Waals surface area contributed by atoms with Gasteiger partial charge >= 0.3 is 0 Å². The third kappa shape index (κ3) is 4.27. The molecule has 23 heavy (non-hydrogen) atoms. The van der Waals surface area contributed by atoms with E-state index in [9.17, 15) is 4.79 Å². The summed E-state index contributed by atoms with van der Waals surface area (Å²) in [5, 5.41) is 10.6. The highest BCUT2D eigenvalue weighted by molar-refractivity contribution is 7.99. The van der Waals surface area contributed by atoms with E-state index in [2.05, 4.69) is 30.5 Å². The molecular weight excluding hydrogens is 336 g/mol. The number of thioether (sulfide) groups is 1. The number of aromatic amines is 1. The molecule has 0 fully saturated rings. The lowest BCUT2D eigenvalue weighted by molar-refractivity contribution is -0.113. The Balaban J connectivity index is 1.56. The predicted molar refractivity (Wildman–Crippen MR) is 88.2 cm³/mol. The summed E-state index contributed by atoms with van der Waals surface area (Å²) in [6.07, 6.45) is 3.05. The average molecular weight is 347 g/mol. The monoisotopic (exact) mass is 346 g/mol. The lowest BCUT2D eigenvalue weighted by Crippen LogP contribution is -2.14. The van der Waals surface area contributed by atoms with Crippen LogP contribution in [0.1, 0.15) is 0 Å². The summed E-state index contributed by atoms with van der Waals surface area (Å²) in [5.74, 6) is 0.559. The van der Waals surface area contributed by atoms with Crippen molar-refractivity contribution in [3.8, 4) is 11.5 Å². The molecule has 0 bridgehead atoms. The van der Waals surface area contributed by atoms with Crippen molar-refractivity contribution in [3.05, 3.63) is 47.9 Å². The van der Waals surface area contributed by atoms with Gasteiger partial charge < -0.3 is 5.32 Å². The Morgan fingerprint density at radius 3 is 3.04 bits per heavy atom. The highest BCUT2D eigenvalue weighted by Gasteiger charge is 2.10. The van der Waals surface area contributed by atoms with E-state index in [-0.39, 0.29) is 11.7 Å². The Kier molecular flexibility index (Phi) is 4.84. The van der Waals surface area contributed by atoms with E-state index in [0.29, 0.717) is 27.4 Å². The minimum Gasteiger partial charge on any atom is -0.325 e. The number of hydrogen-bond acceptors (Lipinski definition) is 6. The Hall–Kier alpha value is -2.45. The van der Waals surface area contributed by atoms with Gasteiger partial charge in [0.25, 0.3) is 0 Å². The standard InChI is InChI=1S/C14H11ClN6OS/c15-9-2-1-3-10(6-9)18-12(22)7-23-14-19-13(20-21-14)11-4-5-16-8-17-11/h1-6,8H,7H2,(H,18,22)(H,19,20,21). The number of rotatable bonds is 5. The van der Waals surface area contributed by atoms with Crippen LogP contribution in [0.2, 0.25) is 5.02 Å². The Morgan fingerprint density at radius 1 is 1.35 bits per heavy atom. The molecule has 0 radical (unpaired) electrons. The first-order valence-corrected chi connectivity index (χ1v) is 7.94. The molecule has 116 valence electrons. The smallest absolute Gasteiger partial charge is 0.234 e. The second-order valence-corrected chi connectivity index (χ2v) is 5.79. The second-order valence-electron chi connectivity index (χ2n) is 4.41. The van der Waals surface area contributed by atoms with E-state index in [1.807, 2.05) is 0 Å². The zero-order chi connectivity index (χ0) is 16.1. The van der Waals surface area contributed by atoms with Gasteiger partial charge in [-0.15, -0.1) is 5.10 Å². The van der Waals surface area contributed by atoms with E-state index < -0.39 is 0 Å². The molecule has 0 saturated carbocycles. The molecule has 3 rings (SSSR count). The minimum absolute atomic E-state index is 0.161.